The monoisotopic (exact) mass is 397 g/mol. The molecule has 2 aliphatic heterocycles. The Hall–Kier alpha value is -2.34. The summed E-state index contributed by atoms with van der Waals surface area (Å²) in [7, 11) is 2.18. The first-order valence-corrected chi connectivity index (χ1v) is 10.6. The lowest BCUT2D eigenvalue weighted by Gasteiger charge is -2.56. The van der Waals surface area contributed by atoms with Crippen LogP contribution >= 0.6 is 0 Å². The highest BCUT2D eigenvalue weighted by atomic mass is 16.6. The SMILES string of the molecule is CCC(=O)Oc1ccc2c3c1O[C@H]1[C@@H](OC(=O)CC)C=C[C@H]4[C@@H](C2)N(C)CC[C@@]341. The van der Waals surface area contributed by atoms with E-state index >= 15 is 0 Å². The van der Waals surface area contributed by atoms with Gasteiger partial charge in [0.1, 0.15) is 6.10 Å². The van der Waals surface area contributed by atoms with Crippen LogP contribution in [0.3, 0.4) is 0 Å². The van der Waals surface area contributed by atoms with E-state index in [-0.39, 0.29) is 29.4 Å². The second-order valence-electron chi connectivity index (χ2n) is 8.55. The molecule has 6 heteroatoms. The Kier molecular flexibility index (Phi) is 4.24. The molecule has 1 saturated heterocycles. The molecule has 1 fully saturated rings. The number of hydrogen-bond acceptors (Lipinski definition) is 6. The van der Waals surface area contributed by atoms with E-state index in [0.717, 1.165) is 19.4 Å². The largest absolute Gasteiger partial charge is 0.481 e. The minimum atomic E-state index is -0.434. The van der Waals surface area contributed by atoms with Gasteiger partial charge in [-0.3, -0.25) is 9.59 Å². The Balaban J connectivity index is 1.66. The molecule has 0 N–H and O–H groups in total. The maximum absolute atomic E-state index is 12.1. The summed E-state index contributed by atoms with van der Waals surface area (Å²) >= 11 is 0. The van der Waals surface area contributed by atoms with Crippen LogP contribution in [0.15, 0.2) is 24.3 Å². The molecule has 1 aromatic rings. The van der Waals surface area contributed by atoms with E-state index in [1.807, 2.05) is 12.1 Å². The minimum Gasteiger partial charge on any atom is -0.481 e. The highest BCUT2D eigenvalue weighted by molar-refractivity contribution is 5.74. The lowest BCUT2D eigenvalue weighted by molar-refractivity contribution is -0.154. The molecule has 5 atom stereocenters. The van der Waals surface area contributed by atoms with Crippen molar-refractivity contribution < 1.29 is 23.8 Å². The normalized spacial score (nSPS) is 33.6. The molecule has 0 radical (unpaired) electrons. The number of esters is 2. The first-order valence-electron chi connectivity index (χ1n) is 10.6. The molecule has 0 unspecified atom stereocenters. The van der Waals surface area contributed by atoms with Crippen molar-refractivity contribution in [3.05, 3.63) is 35.4 Å². The first kappa shape index (κ1) is 18.7. The van der Waals surface area contributed by atoms with E-state index in [1.54, 1.807) is 13.8 Å². The zero-order valence-electron chi connectivity index (χ0n) is 17.1. The quantitative estimate of drug-likeness (QED) is 0.442. The Bertz CT molecular complexity index is 909. The second-order valence-corrected chi connectivity index (χ2v) is 8.55. The number of rotatable bonds is 4. The lowest BCUT2D eigenvalue weighted by atomic mass is 9.53. The van der Waals surface area contributed by atoms with Gasteiger partial charge < -0.3 is 19.1 Å². The maximum Gasteiger partial charge on any atom is 0.311 e. The molecule has 2 bridgehead atoms. The molecule has 154 valence electrons. The van der Waals surface area contributed by atoms with Crippen molar-refractivity contribution >= 4 is 11.9 Å². The van der Waals surface area contributed by atoms with Crippen molar-refractivity contribution in [3.63, 3.8) is 0 Å². The van der Waals surface area contributed by atoms with Gasteiger partial charge in [0.15, 0.2) is 17.6 Å². The predicted octanol–water partition coefficient (Wildman–Crippen LogP) is 2.77. The highest BCUT2D eigenvalue weighted by Crippen LogP contribution is 2.62. The second kappa shape index (κ2) is 6.59. The van der Waals surface area contributed by atoms with Crippen LogP contribution in [0.2, 0.25) is 0 Å². The minimum absolute atomic E-state index is 0.229. The van der Waals surface area contributed by atoms with Crippen molar-refractivity contribution in [2.24, 2.45) is 5.92 Å². The van der Waals surface area contributed by atoms with E-state index in [1.165, 1.54) is 11.1 Å². The van der Waals surface area contributed by atoms with E-state index in [2.05, 4.69) is 24.1 Å². The molecule has 4 aliphatic rings. The van der Waals surface area contributed by atoms with Crippen LogP contribution < -0.4 is 9.47 Å². The molecule has 0 amide bonds. The Morgan fingerprint density at radius 2 is 2.00 bits per heavy atom. The molecular formula is C23H27NO5. The number of nitrogens with zero attached hydrogens (tertiary/aromatic N) is 1. The number of carbonyl (C=O) groups is 2. The first-order chi connectivity index (χ1) is 14.0. The van der Waals surface area contributed by atoms with Gasteiger partial charge in [-0.2, -0.15) is 0 Å². The molecule has 0 saturated carbocycles. The van der Waals surface area contributed by atoms with E-state index in [9.17, 15) is 9.59 Å². The molecule has 6 nitrogen and oxygen atoms in total. The van der Waals surface area contributed by atoms with Crippen LogP contribution in [0.5, 0.6) is 11.5 Å². The van der Waals surface area contributed by atoms with Gasteiger partial charge >= 0.3 is 11.9 Å². The summed E-state index contributed by atoms with van der Waals surface area (Å²) in [6.07, 6.45) is 6.00. The van der Waals surface area contributed by atoms with Crippen molar-refractivity contribution in [2.45, 2.75) is 63.2 Å². The zero-order valence-corrected chi connectivity index (χ0v) is 17.1. The third-order valence-corrected chi connectivity index (χ3v) is 7.18. The fraction of sp³-hybridized carbons (Fsp3) is 0.565. The average Bonchev–Trinajstić information content (AvgIpc) is 3.08. The summed E-state index contributed by atoms with van der Waals surface area (Å²) in [5, 5.41) is 0. The van der Waals surface area contributed by atoms with Gasteiger partial charge in [-0.25, -0.2) is 0 Å². The van der Waals surface area contributed by atoms with Crippen LogP contribution in [0.25, 0.3) is 0 Å². The summed E-state index contributed by atoms with van der Waals surface area (Å²) in [4.78, 5) is 26.5. The predicted molar refractivity (Wildman–Crippen MR) is 106 cm³/mol. The third kappa shape index (κ3) is 2.51. The van der Waals surface area contributed by atoms with Crippen LogP contribution in [-0.4, -0.2) is 48.7 Å². The number of piperidine rings is 1. The fourth-order valence-corrected chi connectivity index (χ4v) is 5.82. The summed E-state index contributed by atoms with van der Waals surface area (Å²) in [6, 6.07) is 4.32. The summed E-state index contributed by atoms with van der Waals surface area (Å²) in [5.74, 6) is 0.929. The third-order valence-electron chi connectivity index (χ3n) is 7.18. The Morgan fingerprint density at radius 3 is 2.76 bits per heavy atom. The van der Waals surface area contributed by atoms with Crippen molar-refractivity contribution in [3.8, 4) is 11.5 Å². The zero-order chi connectivity index (χ0) is 20.3. The fourth-order valence-electron chi connectivity index (χ4n) is 5.82. The molecule has 29 heavy (non-hydrogen) atoms. The molecule has 2 heterocycles. The van der Waals surface area contributed by atoms with Crippen molar-refractivity contribution in [1.82, 2.24) is 4.90 Å². The van der Waals surface area contributed by atoms with Gasteiger partial charge in [0.2, 0.25) is 0 Å². The number of likely N-dealkylation sites (N-methyl/N-ethyl adjacent to an activating group) is 1. The van der Waals surface area contributed by atoms with Gasteiger partial charge in [0.05, 0.1) is 0 Å². The van der Waals surface area contributed by atoms with Gasteiger partial charge in [0.25, 0.3) is 0 Å². The number of hydrogen-bond donors (Lipinski definition) is 0. The van der Waals surface area contributed by atoms with Gasteiger partial charge in [0, 0.05) is 35.8 Å². The van der Waals surface area contributed by atoms with Crippen LogP contribution in [-0.2, 0) is 26.2 Å². The molecular weight excluding hydrogens is 370 g/mol. The maximum atomic E-state index is 12.1. The lowest BCUT2D eigenvalue weighted by Crippen LogP contribution is -2.65. The molecule has 5 rings (SSSR count). The molecule has 2 aliphatic carbocycles. The number of benzene rings is 1. The number of likely N-dealkylation sites (tertiary alicyclic amines) is 1. The van der Waals surface area contributed by atoms with Crippen LogP contribution in [0.4, 0.5) is 0 Å². The average molecular weight is 397 g/mol. The van der Waals surface area contributed by atoms with E-state index in [4.69, 9.17) is 14.2 Å². The van der Waals surface area contributed by atoms with Gasteiger partial charge in [-0.1, -0.05) is 26.0 Å². The van der Waals surface area contributed by atoms with E-state index < -0.39 is 6.10 Å². The number of ether oxygens (including phenoxy) is 3. The van der Waals surface area contributed by atoms with Gasteiger partial charge in [-0.05, 0) is 44.1 Å². The highest BCUT2D eigenvalue weighted by Gasteiger charge is 2.65. The topological polar surface area (TPSA) is 65.1 Å². The van der Waals surface area contributed by atoms with Crippen LogP contribution in [0.1, 0.15) is 44.2 Å². The summed E-state index contributed by atoms with van der Waals surface area (Å²) < 4.78 is 17.9. The number of carbonyl (C=O) groups excluding carboxylic acids is 2. The standard InChI is InChI=1S/C23H27NO5/c1-4-18(25)27-16-8-6-13-12-15-14-7-9-17(28-19(26)5-2)22-23(14,10-11-24(15)3)20(13)21(16)29-22/h6-9,14-15,17,22H,4-5,10-12H2,1-3H3/t14-,15+,17-,22-,23-/m0/s1. The smallest absolute Gasteiger partial charge is 0.311 e. The summed E-state index contributed by atoms with van der Waals surface area (Å²) in [5.41, 5.74) is 2.17. The Morgan fingerprint density at radius 1 is 1.21 bits per heavy atom. The van der Waals surface area contributed by atoms with Crippen LogP contribution in [0, 0.1) is 5.92 Å². The van der Waals surface area contributed by atoms with Crippen molar-refractivity contribution in [2.75, 3.05) is 13.6 Å². The van der Waals surface area contributed by atoms with Crippen molar-refractivity contribution in [1.29, 1.82) is 0 Å². The molecule has 1 spiro atoms. The Labute approximate surface area is 170 Å². The molecule has 1 aromatic carbocycles. The van der Waals surface area contributed by atoms with E-state index in [0.29, 0.717) is 30.4 Å². The molecule has 0 aromatic heterocycles. The summed E-state index contributed by atoms with van der Waals surface area (Å²) in [6.45, 7) is 4.54. The van der Waals surface area contributed by atoms with Gasteiger partial charge in [-0.15, -0.1) is 0 Å².